The normalized spacial score (nSPS) is 11.5. The maximum Gasteiger partial charge on any atom is 0.216 e. The minimum Gasteiger partial charge on any atom is -0.504 e. The first-order valence-electron chi connectivity index (χ1n) is 7.76. The van der Waals surface area contributed by atoms with E-state index in [-0.39, 0.29) is 11.7 Å². The lowest BCUT2D eigenvalue weighted by atomic mass is 10.1. The van der Waals surface area contributed by atoms with Crippen LogP contribution in [0, 0.1) is 6.92 Å². The van der Waals surface area contributed by atoms with E-state index in [1.54, 1.807) is 6.07 Å². The number of rotatable bonds is 6. The van der Waals surface area contributed by atoms with E-state index in [2.05, 4.69) is 22.4 Å². The average molecular weight is 313 g/mol. The maximum absolute atomic E-state index is 10.8. The molecule has 0 aliphatic heterocycles. The van der Waals surface area contributed by atoms with Crippen molar-refractivity contribution < 1.29 is 9.90 Å². The third-order valence-electron chi connectivity index (χ3n) is 3.68. The van der Waals surface area contributed by atoms with Crippen molar-refractivity contribution in [3.63, 3.8) is 0 Å². The van der Waals surface area contributed by atoms with Crippen LogP contribution in [0.15, 0.2) is 47.6 Å². The van der Waals surface area contributed by atoms with Crippen LogP contribution in [0.3, 0.4) is 0 Å². The van der Waals surface area contributed by atoms with Gasteiger partial charge in [-0.25, -0.2) is 0 Å². The van der Waals surface area contributed by atoms with Gasteiger partial charge in [-0.2, -0.15) is 0 Å². The lowest BCUT2D eigenvalue weighted by Gasteiger charge is -2.12. The Labute approximate surface area is 136 Å². The molecule has 0 fully saturated rings. The number of aromatic nitrogens is 1. The van der Waals surface area contributed by atoms with E-state index in [0.717, 1.165) is 18.7 Å². The van der Waals surface area contributed by atoms with Crippen molar-refractivity contribution in [2.24, 2.45) is 4.99 Å². The Balaban J connectivity index is 2.05. The first-order valence-corrected chi connectivity index (χ1v) is 7.76. The van der Waals surface area contributed by atoms with Gasteiger partial charge in [0.25, 0.3) is 0 Å². The van der Waals surface area contributed by atoms with Gasteiger partial charge in [-0.15, -0.1) is 0 Å². The smallest absolute Gasteiger partial charge is 0.216 e. The van der Waals surface area contributed by atoms with Crippen molar-refractivity contribution in [3.05, 3.63) is 59.2 Å². The van der Waals surface area contributed by atoms with Gasteiger partial charge in [-0.05, 0) is 25.0 Å². The number of aromatic hydroxyl groups is 1. The molecule has 0 aliphatic rings. The molecule has 0 radical (unpaired) electrons. The van der Waals surface area contributed by atoms with E-state index in [4.69, 9.17) is 0 Å². The summed E-state index contributed by atoms with van der Waals surface area (Å²) in [5.41, 5.74) is 2.06. The maximum atomic E-state index is 10.8. The molecule has 0 bridgehead atoms. The molecule has 0 atom stereocenters. The molecule has 0 unspecified atom stereocenters. The van der Waals surface area contributed by atoms with Crippen molar-refractivity contribution >= 4 is 5.91 Å². The number of aryl methyl sites for hydroxylation is 2. The zero-order chi connectivity index (χ0) is 16.7. The fourth-order valence-corrected chi connectivity index (χ4v) is 2.35. The minimum absolute atomic E-state index is 0.0765. The molecule has 1 aromatic heterocycles. The summed E-state index contributed by atoms with van der Waals surface area (Å²) >= 11 is 0. The standard InChI is InChI=1S/C18H23N3O2/c1-14-18(23)17(20-11-10-19-15(2)22)9-13-21(14)12-8-16-6-4-3-5-7-16/h3-7,9,13,23H,8,10-12H2,1-2H3,(H,19,22). The lowest BCUT2D eigenvalue weighted by molar-refractivity contribution is -0.118. The zero-order valence-electron chi connectivity index (χ0n) is 13.6. The van der Waals surface area contributed by atoms with Crippen LogP contribution in [-0.4, -0.2) is 28.7 Å². The second-order valence-corrected chi connectivity index (χ2v) is 5.43. The Hall–Kier alpha value is -2.56. The molecule has 2 rings (SSSR count). The molecule has 23 heavy (non-hydrogen) atoms. The molecule has 5 nitrogen and oxygen atoms in total. The summed E-state index contributed by atoms with van der Waals surface area (Å²) in [6.45, 7) is 5.07. The van der Waals surface area contributed by atoms with Crippen LogP contribution < -0.4 is 10.7 Å². The first kappa shape index (κ1) is 16.8. The Kier molecular flexibility index (Phi) is 5.97. The van der Waals surface area contributed by atoms with Gasteiger partial charge in [0, 0.05) is 26.2 Å². The van der Waals surface area contributed by atoms with Crippen molar-refractivity contribution in [1.29, 1.82) is 0 Å². The van der Waals surface area contributed by atoms with E-state index in [1.165, 1.54) is 12.5 Å². The van der Waals surface area contributed by atoms with Gasteiger partial charge in [0.1, 0.15) is 5.36 Å². The second kappa shape index (κ2) is 8.17. The number of nitrogens with zero attached hydrogens (tertiary/aromatic N) is 2. The number of hydrogen-bond acceptors (Lipinski definition) is 3. The van der Waals surface area contributed by atoms with E-state index in [9.17, 15) is 9.90 Å². The number of benzene rings is 1. The van der Waals surface area contributed by atoms with Gasteiger partial charge in [-0.1, -0.05) is 30.3 Å². The Morgan fingerprint density at radius 1 is 1.26 bits per heavy atom. The molecule has 1 amide bonds. The number of hydrogen-bond donors (Lipinski definition) is 2. The highest BCUT2D eigenvalue weighted by atomic mass is 16.3. The highest BCUT2D eigenvalue weighted by Gasteiger charge is 2.04. The van der Waals surface area contributed by atoms with Gasteiger partial charge >= 0.3 is 0 Å². The largest absolute Gasteiger partial charge is 0.504 e. The molecule has 2 N–H and O–H groups in total. The monoisotopic (exact) mass is 313 g/mol. The molecule has 0 saturated carbocycles. The van der Waals surface area contributed by atoms with Crippen LogP contribution in [-0.2, 0) is 17.8 Å². The number of carbonyl (C=O) groups excluding carboxylic acids is 1. The first-order chi connectivity index (χ1) is 11.1. The van der Waals surface area contributed by atoms with E-state index < -0.39 is 0 Å². The average Bonchev–Trinajstić information content (AvgIpc) is 2.55. The highest BCUT2D eigenvalue weighted by molar-refractivity contribution is 5.72. The number of pyridine rings is 1. The SMILES string of the molecule is CC(=O)NCCN=c1ccn(CCc2ccccc2)c(C)c1O. The van der Waals surface area contributed by atoms with Gasteiger partial charge in [0.05, 0.1) is 12.2 Å². The Bertz CT molecular complexity index is 721. The molecule has 2 aromatic rings. The van der Waals surface area contributed by atoms with E-state index >= 15 is 0 Å². The molecule has 0 aliphatic carbocycles. The van der Waals surface area contributed by atoms with Gasteiger partial charge in [-0.3, -0.25) is 9.79 Å². The van der Waals surface area contributed by atoms with Crippen LogP contribution in [0.5, 0.6) is 5.75 Å². The van der Waals surface area contributed by atoms with Crippen molar-refractivity contribution in [3.8, 4) is 5.75 Å². The van der Waals surface area contributed by atoms with Crippen LogP contribution in [0.4, 0.5) is 0 Å². The van der Waals surface area contributed by atoms with Crippen LogP contribution in [0.2, 0.25) is 0 Å². The van der Waals surface area contributed by atoms with Crippen LogP contribution in [0.25, 0.3) is 0 Å². The van der Waals surface area contributed by atoms with Crippen LogP contribution in [0.1, 0.15) is 18.2 Å². The van der Waals surface area contributed by atoms with Crippen molar-refractivity contribution in [2.75, 3.05) is 13.1 Å². The quantitative estimate of drug-likeness (QED) is 0.798. The molecule has 1 aromatic carbocycles. The molecule has 5 heteroatoms. The number of amides is 1. The van der Waals surface area contributed by atoms with Crippen molar-refractivity contribution in [2.45, 2.75) is 26.8 Å². The topological polar surface area (TPSA) is 66.6 Å². The predicted molar refractivity (Wildman–Crippen MR) is 90.1 cm³/mol. The Morgan fingerprint density at radius 2 is 2.00 bits per heavy atom. The summed E-state index contributed by atoms with van der Waals surface area (Å²) in [5.74, 6) is 0.121. The summed E-state index contributed by atoms with van der Waals surface area (Å²) in [6, 6.07) is 12.1. The second-order valence-electron chi connectivity index (χ2n) is 5.43. The van der Waals surface area contributed by atoms with Crippen LogP contribution >= 0.6 is 0 Å². The van der Waals surface area contributed by atoms with Gasteiger partial charge in [0.2, 0.25) is 5.91 Å². The molecule has 122 valence electrons. The summed E-state index contributed by atoms with van der Waals surface area (Å²) in [7, 11) is 0. The lowest BCUT2D eigenvalue weighted by Crippen LogP contribution is -2.23. The zero-order valence-corrected chi connectivity index (χ0v) is 13.6. The molecular weight excluding hydrogens is 290 g/mol. The van der Waals surface area contributed by atoms with Crippen molar-refractivity contribution in [1.82, 2.24) is 9.88 Å². The summed E-state index contributed by atoms with van der Waals surface area (Å²) in [6.07, 6.45) is 2.85. The van der Waals surface area contributed by atoms with Gasteiger partial charge < -0.3 is 15.0 Å². The molecular formula is C18H23N3O2. The summed E-state index contributed by atoms with van der Waals surface area (Å²) in [4.78, 5) is 15.1. The van der Waals surface area contributed by atoms with Gasteiger partial charge in [0.15, 0.2) is 5.75 Å². The predicted octanol–water partition coefficient (Wildman–Crippen LogP) is 1.78. The summed E-state index contributed by atoms with van der Waals surface area (Å²) < 4.78 is 2.02. The minimum atomic E-state index is -0.0765. The third-order valence-corrected chi connectivity index (χ3v) is 3.68. The van der Waals surface area contributed by atoms with E-state index in [1.807, 2.05) is 35.9 Å². The number of carbonyl (C=O) groups is 1. The highest BCUT2D eigenvalue weighted by Crippen LogP contribution is 2.11. The number of nitrogens with one attached hydrogen (secondary N) is 1. The third kappa shape index (κ3) is 4.98. The summed E-state index contributed by atoms with van der Waals surface area (Å²) in [5, 5.41) is 13.5. The molecule has 0 spiro atoms. The molecule has 1 heterocycles. The fraction of sp³-hybridized carbons (Fsp3) is 0.333. The van der Waals surface area contributed by atoms with E-state index in [0.29, 0.717) is 18.4 Å². The molecule has 0 saturated heterocycles. The Morgan fingerprint density at radius 3 is 2.70 bits per heavy atom. The fourth-order valence-electron chi connectivity index (χ4n) is 2.35.